The van der Waals surface area contributed by atoms with Gasteiger partial charge in [0.1, 0.15) is 0 Å². The highest BCUT2D eigenvalue weighted by Gasteiger charge is 2.25. The quantitative estimate of drug-likeness (QED) is 0.144. The molecule has 0 saturated carbocycles. The van der Waals surface area contributed by atoms with E-state index in [1.807, 2.05) is 91.8 Å². The molecule has 0 atom stereocenters. The van der Waals surface area contributed by atoms with Gasteiger partial charge in [-0.15, -0.1) is 20.4 Å². The second kappa shape index (κ2) is 12.6. The molecule has 2 aliphatic rings. The lowest BCUT2D eigenvalue weighted by molar-refractivity contribution is 0.692. The highest BCUT2D eigenvalue weighted by atomic mass is 32.2. The van der Waals surface area contributed by atoms with Crippen molar-refractivity contribution < 1.29 is 0 Å². The second-order valence-electron chi connectivity index (χ2n) is 10.3. The van der Waals surface area contributed by atoms with Gasteiger partial charge < -0.3 is 0 Å². The number of aromatic nitrogens is 10. The van der Waals surface area contributed by atoms with Crippen LogP contribution in [0.25, 0.3) is 11.4 Å². The smallest absolute Gasteiger partial charge is 0.213 e. The standard InChI is InChI=1S/C30H26N12S4/c1-19-23(15-31-39(19)21-9-5-3-6-10-21)25-17-45-29-35-33-27(41(29)37-25)43-13-14-44-28-34-36-30-42(28)38-26(18-46-30)24-16-32-40(20(24)2)22-11-7-4-8-12-22/h3-12,15-16H,13-14,17-18H2,1-2H3. The van der Waals surface area contributed by atoms with Gasteiger partial charge in [-0.3, -0.25) is 0 Å². The average Bonchev–Trinajstić information content (AvgIpc) is 3.89. The molecule has 0 saturated heterocycles. The summed E-state index contributed by atoms with van der Waals surface area (Å²) in [6.45, 7) is 4.15. The first kappa shape index (κ1) is 29.3. The molecule has 0 fully saturated rings. The molecule has 0 unspecified atom stereocenters. The third-order valence-corrected chi connectivity index (χ3v) is 11.4. The number of para-hydroxylation sites is 2. The Morgan fingerprint density at radius 2 is 1.04 bits per heavy atom. The van der Waals surface area contributed by atoms with E-state index in [1.165, 1.54) is 0 Å². The van der Waals surface area contributed by atoms with Crippen LogP contribution >= 0.6 is 47.0 Å². The number of nitrogens with zero attached hydrogens (tertiary/aromatic N) is 12. The van der Waals surface area contributed by atoms with Crippen molar-refractivity contribution >= 4 is 58.5 Å². The van der Waals surface area contributed by atoms with E-state index in [0.29, 0.717) is 11.5 Å². The minimum absolute atomic E-state index is 0.713. The molecule has 230 valence electrons. The predicted molar refractivity (Wildman–Crippen MR) is 183 cm³/mol. The van der Waals surface area contributed by atoms with Gasteiger partial charge in [0.25, 0.3) is 0 Å². The zero-order chi connectivity index (χ0) is 31.0. The van der Waals surface area contributed by atoms with Crippen LogP contribution in [-0.4, -0.2) is 83.7 Å². The Hall–Kier alpha value is -4.12. The maximum atomic E-state index is 4.95. The summed E-state index contributed by atoms with van der Waals surface area (Å²) in [5, 5.41) is 39.9. The molecule has 6 aromatic rings. The van der Waals surface area contributed by atoms with Crippen LogP contribution < -0.4 is 0 Å². The lowest BCUT2D eigenvalue weighted by Gasteiger charge is -2.14. The van der Waals surface area contributed by atoms with Crippen LogP contribution in [0, 0.1) is 13.8 Å². The van der Waals surface area contributed by atoms with Crippen LogP contribution in [0.4, 0.5) is 0 Å². The summed E-state index contributed by atoms with van der Waals surface area (Å²) in [4.78, 5) is 0. The lowest BCUT2D eigenvalue weighted by Crippen LogP contribution is -2.15. The van der Waals surface area contributed by atoms with Crippen molar-refractivity contribution in [3.8, 4) is 11.4 Å². The van der Waals surface area contributed by atoms with E-state index in [1.54, 1.807) is 47.0 Å². The van der Waals surface area contributed by atoms with E-state index in [9.17, 15) is 0 Å². The minimum atomic E-state index is 0.713. The lowest BCUT2D eigenvalue weighted by atomic mass is 10.2. The highest BCUT2D eigenvalue weighted by molar-refractivity contribution is 8.03. The summed E-state index contributed by atoms with van der Waals surface area (Å²) < 4.78 is 7.60. The Kier molecular flexibility index (Phi) is 8.01. The maximum absolute atomic E-state index is 4.95. The van der Waals surface area contributed by atoms with E-state index in [-0.39, 0.29) is 0 Å². The van der Waals surface area contributed by atoms with E-state index in [0.717, 1.165) is 77.4 Å². The fourth-order valence-corrected chi connectivity index (χ4v) is 8.67. The highest BCUT2D eigenvalue weighted by Crippen LogP contribution is 2.32. The van der Waals surface area contributed by atoms with E-state index in [2.05, 4.69) is 44.4 Å². The van der Waals surface area contributed by atoms with Crippen molar-refractivity contribution in [3.63, 3.8) is 0 Å². The predicted octanol–water partition coefficient (Wildman–Crippen LogP) is 5.46. The third-order valence-electron chi connectivity index (χ3n) is 7.47. The second-order valence-corrected chi connectivity index (χ2v) is 14.3. The molecule has 0 radical (unpaired) electrons. The van der Waals surface area contributed by atoms with Crippen LogP contribution in [0.3, 0.4) is 0 Å². The maximum Gasteiger partial charge on any atom is 0.213 e. The van der Waals surface area contributed by atoms with Gasteiger partial charge in [-0.2, -0.15) is 29.8 Å². The summed E-state index contributed by atoms with van der Waals surface area (Å²) in [6.07, 6.45) is 3.78. The molecular weight excluding hydrogens is 657 g/mol. The van der Waals surface area contributed by atoms with Crippen molar-refractivity contribution in [2.75, 3.05) is 23.0 Å². The van der Waals surface area contributed by atoms with Gasteiger partial charge in [0.05, 0.1) is 46.6 Å². The number of hydrogen-bond acceptors (Lipinski definition) is 12. The van der Waals surface area contributed by atoms with Gasteiger partial charge in [0, 0.05) is 34.1 Å². The minimum Gasteiger partial charge on any atom is -0.237 e. The Morgan fingerprint density at radius 1 is 0.609 bits per heavy atom. The van der Waals surface area contributed by atoms with Gasteiger partial charge in [-0.05, 0) is 38.1 Å². The van der Waals surface area contributed by atoms with Crippen molar-refractivity contribution in [1.29, 1.82) is 0 Å². The summed E-state index contributed by atoms with van der Waals surface area (Å²) in [5.74, 6) is 3.01. The van der Waals surface area contributed by atoms with Gasteiger partial charge >= 0.3 is 0 Å². The van der Waals surface area contributed by atoms with Crippen LogP contribution in [0.15, 0.2) is 104 Å². The fourth-order valence-electron chi connectivity index (χ4n) is 5.17. The SMILES string of the molecule is Cc1c(C2=Nn3c(SCCSc4nnc5n4N=C(c4cnn(-c6ccccc6)c4C)CS5)nnc3SC2)cnn1-c1ccccc1. The fraction of sp³-hybridized carbons (Fsp3) is 0.200. The zero-order valence-electron chi connectivity index (χ0n) is 24.8. The van der Waals surface area contributed by atoms with Crippen LogP contribution in [0.5, 0.6) is 0 Å². The summed E-state index contributed by atoms with van der Waals surface area (Å²) >= 11 is 6.52. The molecule has 6 heterocycles. The number of fused-ring (bicyclic) bond motifs is 2. The first-order valence-corrected chi connectivity index (χ1v) is 18.4. The summed E-state index contributed by atoms with van der Waals surface area (Å²) in [7, 11) is 0. The Labute approximate surface area is 281 Å². The first-order chi connectivity index (χ1) is 22.6. The van der Waals surface area contributed by atoms with Crippen LogP contribution in [0.1, 0.15) is 22.5 Å². The monoisotopic (exact) mass is 682 g/mol. The van der Waals surface area contributed by atoms with Crippen molar-refractivity contribution in [3.05, 3.63) is 95.6 Å². The Morgan fingerprint density at radius 3 is 1.48 bits per heavy atom. The van der Waals surface area contributed by atoms with Gasteiger partial charge in [-0.25, -0.2) is 9.36 Å². The van der Waals surface area contributed by atoms with Gasteiger partial charge in [0.2, 0.25) is 20.6 Å². The molecule has 8 rings (SSSR count). The number of benzene rings is 2. The molecule has 0 amide bonds. The molecule has 46 heavy (non-hydrogen) atoms. The Balaban J connectivity index is 0.944. The molecule has 0 spiro atoms. The largest absolute Gasteiger partial charge is 0.237 e. The zero-order valence-corrected chi connectivity index (χ0v) is 28.0. The number of thioether (sulfide) groups is 4. The molecule has 4 aromatic heterocycles. The summed E-state index contributed by atoms with van der Waals surface area (Å²) in [6, 6.07) is 20.3. The van der Waals surface area contributed by atoms with Crippen molar-refractivity contribution in [1.82, 2.24) is 49.3 Å². The molecule has 2 aromatic carbocycles. The molecule has 0 bridgehead atoms. The van der Waals surface area contributed by atoms with E-state index < -0.39 is 0 Å². The van der Waals surface area contributed by atoms with Gasteiger partial charge in [-0.1, -0.05) is 83.4 Å². The first-order valence-electron chi connectivity index (χ1n) is 14.4. The molecule has 12 nitrogen and oxygen atoms in total. The summed E-state index contributed by atoms with van der Waals surface area (Å²) in [5.41, 5.74) is 8.12. The molecule has 16 heteroatoms. The third kappa shape index (κ3) is 5.48. The topological polar surface area (TPSA) is 122 Å². The van der Waals surface area contributed by atoms with Crippen LogP contribution in [-0.2, 0) is 0 Å². The van der Waals surface area contributed by atoms with Crippen molar-refractivity contribution in [2.24, 2.45) is 10.2 Å². The van der Waals surface area contributed by atoms with E-state index in [4.69, 9.17) is 10.2 Å². The normalized spacial score (nSPS) is 14.1. The number of rotatable bonds is 9. The average molecular weight is 683 g/mol. The molecule has 0 aliphatic carbocycles. The number of hydrogen-bond donors (Lipinski definition) is 0. The molecular formula is C30H26N12S4. The van der Waals surface area contributed by atoms with Crippen molar-refractivity contribution in [2.45, 2.75) is 34.5 Å². The molecule has 2 aliphatic heterocycles. The van der Waals surface area contributed by atoms with E-state index >= 15 is 0 Å². The van der Waals surface area contributed by atoms with Crippen LogP contribution in [0.2, 0.25) is 0 Å². The Bertz CT molecular complexity index is 1940. The molecule has 0 N–H and O–H groups in total. The van der Waals surface area contributed by atoms with Gasteiger partial charge in [0.15, 0.2) is 0 Å².